The number of benzene rings is 1. The van der Waals surface area contributed by atoms with Gasteiger partial charge >= 0.3 is 0 Å². The molecule has 4 nitrogen and oxygen atoms in total. The molecule has 0 unspecified atom stereocenters. The predicted molar refractivity (Wildman–Crippen MR) is 88.8 cm³/mol. The third kappa shape index (κ3) is 2.57. The van der Waals surface area contributed by atoms with Gasteiger partial charge in [-0.05, 0) is 50.0 Å². The molecule has 2 atom stereocenters. The van der Waals surface area contributed by atoms with Gasteiger partial charge in [0.1, 0.15) is 5.75 Å². The molecule has 4 heteroatoms. The summed E-state index contributed by atoms with van der Waals surface area (Å²) in [4.78, 5) is 2.47. The Morgan fingerprint density at radius 2 is 2.04 bits per heavy atom. The lowest BCUT2D eigenvalue weighted by Gasteiger charge is -2.54. The van der Waals surface area contributed by atoms with Crippen molar-refractivity contribution in [3.8, 4) is 5.75 Å². The molecule has 1 aromatic carbocycles. The number of hydrogen-bond donors (Lipinski definition) is 0. The second kappa shape index (κ2) is 5.76. The van der Waals surface area contributed by atoms with Gasteiger partial charge in [0, 0.05) is 24.8 Å². The molecule has 0 aromatic heterocycles. The summed E-state index contributed by atoms with van der Waals surface area (Å²) in [6, 6.07) is 8.66. The Bertz CT molecular complexity index is 569. The average Bonchev–Trinajstić information content (AvgIpc) is 3.03. The van der Waals surface area contributed by atoms with Crippen LogP contribution in [0.2, 0.25) is 0 Å². The predicted octanol–water partition coefficient (Wildman–Crippen LogP) is 2.81. The van der Waals surface area contributed by atoms with Crippen molar-refractivity contribution in [3.05, 3.63) is 29.8 Å². The fourth-order valence-electron chi connectivity index (χ4n) is 4.96. The molecule has 3 aliphatic rings. The lowest BCUT2D eigenvalue weighted by molar-refractivity contribution is -0.206. The van der Waals surface area contributed by atoms with E-state index in [0.29, 0.717) is 5.92 Å². The molecule has 2 aliphatic heterocycles. The van der Waals surface area contributed by atoms with E-state index in [4.69, 9.17) is 14.2 Å². The summed E-state index contributed by atoms with van der Waals surface area (Å²) in [5.41, 5.74) is 1.54. The van der Waals surface area contributed by atoms with Gasteiger partial charge in [-0.15, -0.1) is 0 Å². The van der Waals surface area contributed by atoms with E-state index in [1.807, 2.05) is 6.07 Å². The molecular weight excluding hydrogens is 290 g/mol. The van der Waals surface area contributed by atoms with Crippen LogP contribution in [0.15, 0.2) is 24.3 Å². The molecule has 0 bridgehead atoms. The van der Waals surface area contributed by atoms with Crippen LogP contribution in [-0.4, -0.2) is 51.1 Å². The number of likely N-dealkylation sites (tertiary alicyclic amines) is 1. The summed E-state index contributed by atoms with van der Waals surface area (Å²) in [7, 11) is 3.98. The van der Waals surface area contributed by atoms with Gasteiger partial charge in [-0.3, -0.25) is 0 Å². The van der Waals surface area contributed by atoms with E-state index in [2.05, 4.69) is 30.1 Å². The number of nitrogens with zero attached hydrogens (tertiary/aromatic N) is 1. The first-order valence-electron chi connectivity index (χ1n) is 8.77. The Labute approximate surface area is 138 Å². The molecule has 0 amide bonds. The normalized spacial score (nSPS) is 33.6. The fraction of sp³-hybridized carbons (Fsp3) is 0.684. The van der Waals surface area contributed by atoms with Crippen molar-refractivity contribution >= 4 is 0 Å². The maximum absolute atomic E-state index is 6.09. The smallest absolute Gasteiger partial charge is 0.169 e. The molecule has 1 saturated carbocycles. The quantitative estimate of drug-likeness (QED) is 0.839. The van der Waals surface area contributed by atoms with Crippen molar-refractivity contribution in [3.63, 3.8) is 0 Å². The topological polar surface area (TPSA) is 30.9 Å². The molecule has 4 rings (SSSR count). The van der Waals surface area contributed by atoms with Crippen molar-refractivity contribution in [2.75, 3.05) is 40.5 Å². The number of rotatable bonds is 2. The molecule has 2 saturated heterocycles. The highest BCUT2D eigenvalue weighted by Crippen LogP contribution is 2.54. The van der Waals surface area contributed by atoms with Crippen molar-refractivity contribution in [1.29, 1.82) is 0 Å². The third-order valence-electron chi connectivity index (χ3n) is 6.17. The van der Waals surface area contributed by atoms with Crippen LogP contribution in [0.5, 0.6) is 5.75 Å². The van der Waals surface area contributed by atoms with E-state index >= 15 is 0 Å². The zero-order valence-corrected chi connectivity index (χ0v) is 14.2. The second-order valence-electron chi connectivity index (χ2n) is 7.42. The van der Waals surface area contributed by atoms with Gasteiger partial charge in [0.05, 0.1) is 20.3 Å². The molecule has 3 fully saturated rings. The van der Waals surface area contributed by atoms with E-state index in [1.165, 1.54) is 12.0 Å². The minimum Gasteiger partial charge on any atom is -0.497 e. The van der Waals surface area contributed by atoms with Gasteiger partial charge in [-0.1, -0.05) is 12.1 Å². The molecule has 0 N–H and O–H groups in total. The Hall–Kier alpha value is -1.10. The first kappa shape index (κ1) is 15.4. The molecular formula is C19H27NO3. The minimum absolute atomic E-state index is 0.142. The lowest BCUT2D eigenvalue weighted by atomic mass is 9.57. The van der Waals surface area contributed by atoms with E-state index in [1.54, 1.807) is 7.11 Å². The summed E-state index contributed by atoms with van der Waals surface area (Å²) >= 11 is 0. The molecule has 2 heterocycles. The van der Waals surface area contributed by atoms with Crippen molar-refractivity contribution < 1.29 is 14.2 Å². The maximum Gasteiger partial charge on any atom is 0.169 e. The van der Waals surface area contributed by atoms with Gasteiger partial charge in [0.25, 0.3) is 0 Å². The molecule has 126 valence electrons. The number of piperidine rings is 1. The van der Waals surface area contributed by atoms with Crippen LogP contribution in [0.25, 0.3) is 0 Å². The van der Waals surface area contributed by atoms with E-state index in [9.17, 15) is 0 Å². The summed E-state index contributed by atoms with van der Waals surface area (Å²) in [5.74, 6) is 1.25. The number of methoxy groups -OCH3 is 1. The molecule has 0 radical (unpaired) electrons. The first-order chi connectivity index (χ1) is 11.2. The van der Waals surface area contributed by atoms with Gasteiger partial charge in [0.2, 0.25) is 0 Å². The maximum atomic E-state index is 6.09. The van der Waals surface area contributed by atoms with E-state index in [-0.39, 0.29) is 11.2 Å². The largest absolute Gasteiger partial charge is 0.497 e. The highest BCUT2D eigenvalue weighted by Gasteiger charge is 2.55. The molecule has 1 aliphatic carbocycles. The minimum atomic E-state index is -0.352. The lowest BCUT2D eigenvalue weighted by Crippen LogP contribution is -2.56. The van der Waals surface area contributed by atoms with Crippen LogP contribution in [-0.2, 0) is 14.9 Å². The van der Waals surface area contributed by atoms with Crippen molar-refractivity contribution in [2.45, 2.75) is 36.9 Å². The zero-order chi connectivity index (χ0) is 15.9. The Morgan fingerprint density at radius 3 is 2.83 bits per heavy atom. The number of hydrogen-bond acceptors (Lipinski definition) is 4. The Morgan fingerprint density at radius 1 is 1.22 bits per heavy atom. The molecule has 1 spiro atoms. The summed E-state index contributed by atoms with van der Waals surface area (Å²) < 4.78 is 17.7. The van der Waals surface area contributed by atoms with Crippen LogP contribution in [0.4, 0.5) is 0 Å². The summed E-state index contributed by atoms with van der Waals surface area (Å²) in [6.45, 7) is 3.76. The Balaban J connectivity index is 1.74. The molecule has 1 aromatic rings. The van der Waals surface area contributed by atoms with E-state index < -0.39 is 0 Å². The average molecular weight is 317 g/mol. The summed E-state index contributed by atoms with van der Waals surface area (Å²) in [6.07, 6.45) is 4.33. The third-order valence-corrected chi connectivity index (χ3v) is 6.17. The standard InChI is InChI=1S/C19H27NO3/c1-20-9-8-18(15-4-3-5-17(12-15)21-2)14-19(22-10-11-23-19)7-6-16(18)13-20/h3-5,12,16H,6-11,13-14H2,1-2H3/t16-,18-/m1/s1. The van der Waals surface area contributed by atoms with Crippen LogP contribution in [0.3, 0.4) is 0 Å². The van der Waals surface area contributed by atoms with Crippen LogP contribution in [0, 0.1) is 5.92 Å². The monoisotopic (exact) mass is 317 g/mol. The van der Waals surface area contributed by atoms with Crippen LogP contribution < -0.4 is 4.74 Å². The number of ether oxygens (including phenoxy) is 3. The first-order valence-corrected chi connectivity index (χ1v) is 8.77. The highest BCUT2D eigenvalue weighted by molar-refractivity contribution is 5.36. The van der Waals surface area contributed by atoms with Crippen LogP contribution >= 0.6 is 0 Å². The molecule has 23 heavy (non-hydrogen) atoms. The van der Waals surface area contributed by atoms with Gasteiger partial charge in [-0.2, -0.15) is 0 Å². The summed E-state index contributed by atoms with van der Waals surface area (Å²) in [5, 5.41) is 0. The highest BCUT2D eigenvalue weighted by atomic mass is 16.7. The van der Waals surface area contributed by atoms with E-state index in [0.717, 1.165) is 51.3 Å². The van der Waals surface area contributed by atoms with Crippen molar-refractivity contribution in [2.24, 2.45) is 5.92 Å². The zero-order valence-electron chi connectivity index (χ0n) is 14.2. The SMILES string of the molecule is COc1cccc([C@]23CCN(C)C[C@H]2CCC2(C3)OCCO2)c1. The van der Waals surface area contributed by atoms with Gasteiger partial charge in [0.15, 0.2) is 5.79 Å². The van der Waals surface area contributed by atoms with Gasteiger partial charge < -0.3 is 19.1 Å². The fourth-order valence-corrected chi connectivity index (χ4v) is 4.96. The Kier molecular flexibility index (Phi) is 3.87. The van der Waals surface area contributed by atoms with Crippen LogP contribution in [0.1, 0.15) is 31.2 Å². The van der Waals surface area contributed by atoms with Gasteiger partial charge in [-0.25, -0.2) is 0 Å². The second-order valence-corrected chi connectivity index (χ2v) is 7.42. The number of fused-ring (bicyclic) bond motifs is 1. The van der Waals surface area contributed by atoms with Crippen molar-refractivity contribution in [1.82, 2.24) is 4.90 Å².